The van der Waals surface area contributed by atoms with Crippen LogP contribution in [-0.4, -0.2) is 21.8 Å². The zero-order valence-electron chi connectivity index (χ0n) is 11.6. The van der Waals surface area contributed by atoms with Gasteiger partial charge in [0.05, 0.1) is 0 Å². The number of rotatable bonds is 5. The summed E-state index contributed by atoms with van der Waals surface area (Å²) in [5.41, 5.74) is 4.08. The van der Waals surface area contributed by atoms with Crippen LogP contribution in [0.25, 0.3) is 10.9 Å². The number of hydrogen-bond acceptors (Lipinski definition) is 2. The molecule has 0 fully saturated rings. The fourth-order valence-corrected chi connectivity index (χ4v) is 2.15. The van der Waals surface area contributed by atoms with E-state index in [1.807, 2.05) is 32.0 Å². The first-order valence-corrected chi connectivity index (χ1v) is 6.46. The van der Waals surface area contributed by atoms with E-state index in [4.69, 9.17) is 5.11 Å². The van der Waals surface area contributed by atoms with Gasteiger partial charge in [0.25, 0.3) is 0 Å². The van der Waals surface area contributed by atoms with E-state index in [9.17, 15) is 9.59 Å². The van der Waals surface area contributed by atoms with Gasteiger partial charge in [-0.1, -0.05) is 29.8 Å². The van der Waals surface area contributed by atoms with Gasteiger partial charge in [0.2, 0.25) is 5.78 Å². The third-order valence-electron chi connectivity index (χ3n) is 3.21. The van der Waals surface area contributed by atoms with Crippen molar-refractivity contribution in [3.63, 3.8) is 0 Å². The molecule has 0 amide bonds. The van der Waals surface area contributed by atoms with Crippen molar-refractivity contribution in [3.05, 3.63) is 47.2 Å². The second kappa shape index (κ2) is 5.74. The molecule has 104 valence electrons. The minimum atomic E-state index is -1.39. The summed E-state index contributed by atoms with van der Waals surface area (Å²) < 4.78 is 0. The van der Waals surface area contributed by atoms with Gasteiger partial charge in [0.15, 0.2) is 0 Å². The molecular weight excluding hydrogens is 254 g/mol. The summed E-state index contributed by atoms with van der Waals surface area (Å²) in [7, 11) is 0. The Kier molecular flexibility index (Phi) is 4.03. The van der Waals surface area contributed by atoms with Crippen molar-refractivity contribution in [2.75, 3.05) is 0 Å². The summed E-state index contributed by atoms with van der Waals surface area (Å²) >= 11 is 0. The molecule has 0 saturated heterocycles. The number of aromatic amines is 1. The molecule has 0 aliphatic heterocycles. The number of ketones is 1. The molecule has 0 aliphatic carbocycles. The summed E-state index contributed by atoms with van der Waals surface area (Å²) in [5, 5.41) is 9.60. The average Bonchev–Trinajstić information content (AvgIpc) is 2.80. The maximum absolute atomic E-state index is 11.3. The van der Waals surface area contributed by atoms with Crippen molar-refractivity contribution < 1.29 is 14.7 Å². The molecule has 0 unspecified atom stereocenters. The van der Waals surface area contributed by atoms with Crippen LogP contribution in [0.1, 0.15) is 25.0 Å². The van der Waals surface area contributed by atoms with E-state index < -0.39 is 11.8 Å². The van der Waals surface area contributed by atoms with Crippen LogP contribution in [0.3, 0.4) is 0 Å². The summed E-state index contributed by atoms with van der Waals surface area (Å²) in [6.45, 7) is 4.09. The van der Waals surface area contributed by atoms with Gasteiger partial charge in [0, 0.05) is 23.5 Å². The highest BCUT2D eigenvalue weighted by molar-refractivity contribution is 6.33. The van der Waals surface area contributed by atoms with Crippen LogP contribution in [0.4, 0.5) is 0 Å². The van der Waals surface area contributed by atoms with E-state index in [1.54, 1.807) is 6.20 Å². The van der Waals surface area contributed by atoms with Gasteiger partial charge in [-0.05, 0) is 31.4 Å². The number of carboxylic acids is 1. The van der Waals surface area contributed by atoms with Crippen LogP contribution >= 0.6 is 0 Å². The highest BCUT2D eigenvalue weighted by Gasteiger charge is 2.15. The highest BCUT2D eigenvalue weighted by atomic mass is 16.4. The Morgan fingerprint density at radius 3 is 2.65 bits per heavy atom. The van der Waals surface area contributed by atoms with Crippen molar-refractivity contribution in [3.8, 4) is 0 Å². The SMILES string of the molecule is CC(C)=CCc1cccc2c(CC(=O)C(=O)O)c[nH]c12. The maximum Gasteiger partial charge on any atom is 0.372 e. The number of nitrogens with one attached hydrogen (secondary N) is 1. The number of hydrogen-bond donors (Lipinski definition) is 2. The lowest BCUT2D eigenvalue weighted by Gasteiger charge is -2.01. The first kappa shape index (κ1) is 14.1. The average molecular weight is 271 g/mol. The van der Waals surface area contributed by atoms with Crippen LogP contribution in [0.15, 0.2) is 36.0 Å². The van der Waals surface area contributed by atoms with Crippen LogP contribution in [0.5, 0.6) is 0 Å². The van der Waals surface area contributed by atoms with Gasteiger partial charge in [0.1, 0.15) is 0 Å². The van der Waals surface area contributed by atoms with E-state index in [0.29, 0.717) is 0 Å². The number of aliphatic carboxylic acids is 1. The molecule has 1 aromatic carbocycles. The Hall–Kier alpha value is -2.36. The minimum absolute atomic E-state index is 0.0819. The van der Waals surface area contributed by atoms with Gasteiger partial charge in [-0.2, -0.15) is 0 Å². The molecule has 2 aromatic rings. The van der Waals surface area contributed by atoms with Crippen molar-refractivity contribution in [1.29, 1.82) is 0 Å². The summed E-state index contributed by atoms with van der Waals surface area (Å²) in [4.78, 5) is 25.1. The second-order valence-corrected chi connectivity index (χ2v) is 5.04. The maximum atomic E-state index is 11.3. The number of H-pyrrole nitrogens is 1. The summed E-state index contributed by atoms with van der Waals surface area (Å²) in [5.74, 6) is -2.18. The molecule has 4 nitrogen and oxygen atoms in total. The zero-order chi connectivity index (χ0) is 14.7. The van der Waals surface area contributed by atoms with E-state index in [1.165, 1.54) is 5.57 Å². The molecule has 20 heavy (non-hydrogen) atoms. The normalized spacial score (nSPS) is 10.5. The Morgan fingerprint density at radius 2 is 2.00 bits per heavy atom. The molecular formula is C16H17NO3. The van der Waals surface area contributed by atoms with Crippen LogP contribution in [0, 0.1) is 0 Å². The van der Waals surface area contributed by atoms with E-state index >= 15 is 0 Å². The molecule has 0 bridgehead atoms. The molecule has 0 atom stereocenters. The Balaban J connectivity index is 2.37. The monoisotopic (exact) mass is 271 g/mol. The van der Waals surface area contributed by atoms with Gasteiger partial charge in [-0.15, -0.1) is 0 Å². The number of carbonyl (C=O) groups excluding carboxylic acids is 1. The number of allylic oxidation sites excluding steroid dienone is 2. The topological polar surface area (TPSA) is 70.2 Å². The van der Waals surface area contributed by atoms with Gasteiger partial charge in [-0.25, -0.2) is 4.79 Å². The molecule has 0 radical (unpaired) electrons. The fraction of sp³-hybridized carbons (Fsp3) is 0.250. The lowest BCUT2D eigenvalue weighted by Crippen LogP contribution is -2.14. The molecule has 2 rings (SSSR count). The predicted molar refractivity (Wildman–Crippen MR) is 77.8 cm³/mol. The Bertz CT molecular complexity index is 691. The molecule has 0 saturated carbocycles. The second-order valence-electron chi connectivity index (χ2n) is 5.04. The largest absolute Gasteiger partial charge is 0.475 e. The molecule has 1 aromatic heterocycles. The Labute approximate surface area is 117 Å². The number of benzene rings is 1. The number of carboxylic acid groups (broad SMARTS) is 1. The van der Waals surface area contributed by atoms with Crippen molar-refractivity contribution in [1.82, 2.24) is 4.98 Å². The lowest BCUT2D eigenvalue weighted by molar-refractivity contribution is -0.148. The fourth-order valence-electron chi connectivity index (χ4n) is 2.15. The quantitative estimate of drug-likeness (QED) is 0.649. The van der Waals surface area contributed by atoms with Gasteiger partial charge >= 0.3 is 5.97 Å². The number of aromatic nitrogens is 1. The molecule has 4 heteroatoms. The van der Waals surface area contributed by atoms with Crippen LogP contribution < -0.4 is 0 Å². The van der Waals surface area contributed by atoms with E-state index in [-0.39, 0.29) is 6.42 Å². The molecule has 0 aliphatic rings. The summed E-state index contributed by atoms with van der Waals surface area (Å²) in [6, 6.07) is 5.86. The smallest absolute Gasteiger partial charge is 0.372 e. The molecule has 0 spiro atoms. The van der Waals surface area contributed by atoms with Crippen molar-refractivity contribution in [2.45, 2.75) is 26.7 Å². The van der Waals surface area contributed by atoms with Crippen LogP contribution in [-0.2, 0) is 22.4 Å². The first-order valence-electron chi connectivity index (χ1n) is 6.46. The third-order valence-corrected chi connectivity index (χ3v) is 3.21. The number of fused-ring (bicyclic) bond motifs is 1. The van der Waals surface area contributed by atoms with Gasteiger partial charge < -0.3 is 10.1 Å². The summed E-state index contributed by atoms with van der Waals surface area (Å²) in [6.07, 6.45) is 4.59. The number of carbonyl (C=O) groups is 2. The van der Waals surface area contributed by atoms with Crippen LogP contribution in [0.2, 0.25) is 0 Å². The van der Waals surface area contributed by atoms with E-state index in [0.717, 1.165) is 28.5 Å². The Morgan fingerprint density at radius 1 is 1.25 bits per heavy atom. The molecule has 2 N–H and O–H groups in total. The number of Topliss-reactive ketones (excluding diaryl/α,β-unsaturated/α-hetero) is 1. The predicted octanol–water partition coefficient (Wildman–Crippen LogP) is 2.87. The number of para-hydroxylation sites is 1. The third kappa shape index (κ3) is 2.96. The minimum Gasteiger partial charge on any atom is -0.475 e. The molecule has 1 heterocycles. The van der Waals surface area contributed by atoms with Crippen molar-refractivity contribution >= 4 is 22.7 Å². The highest BCUT2D eigenvalue weighted by Crippen LogP contribution is 2.23. The lowest BCUT2D eigenvalue weighted by atomic mass is 10.0. The van der Waals surface area contributed by atoms with E-state index in [2.05, 4.69) is 11.1 Å². The standard InChI is InChI=1S/C16H17NO3/c1-10(2)6-7-11-4-3-5-13-12(9-17-15(11)13)8-14(18)16(19)20/h3-6,9,17H,7-8H2,1-2H3,(H,19,20). The van der Waals surface area contributed by atoms with Gasteiger partial charge in [-0.3, -0.25) is 4.79 Å². The van der Waals surface area contributed by atoms with Crippen molar-refractivity contribution in [2.24, 2.45) is 0 Å². The first-order chi connectivity index (χ1) is 9.49. The zero-order valence-corrected chi connectivity index (χ0v) is 11.6.